The van der Waals surface area contributed by atoms with Crippen LogP contribution in [0.2, 0.25) is 0 Å². The van der Waals surface area contributed by atoms with Crippen molar-refractivity contribution < 1.29 is 0 Å². The summed E-state index contributed by atoms with van der Waals surface area (Å²) in [5.41, 5.74) is 2.41. The molecule has 0 saturated heterocycles. The lowest BCUT2D eigenvalue weighted by Gasteiger charge is -2.17. The maximum atomic E-state index is 5.07. The van der Waals surface area contributed by atoms with Gasteiger partial charge in [0.05, 0.1) is 0 Å². The molecule has 0 aromatic heterocycles. The number of hydrogen-bond acceptors (Lipinski definition) is 2. The highest BCUT2D eigenvalue weighted by Crippen LogP contribution is 1.85. The Balaban J connectivity index is 3.45. The largest absolute Gasteiger partial charge is 0.351 e. The molecule has 4 heteroatoms. The fourth-order valence-corrected chi connectivity index (χ4v) is 0.638. The van der Waals surface area contributed by atoms with Gasteiger partial charge in [0.25, 0.3) is 0 Å². The van der Waals surface area contributed by atoms with Crippen LogP contribution in [-0.4, -0.2) is 23.6 Å². The Labute approximate surface area is 61.2 Å². The van der Waals surface area contributed by atoms with E-state index in [9.17, 15) is 0 Å². The molecule has 0 atom stereocenters. The standard InChI is InChI=1S/C5H13N3S/c1-3-4-8(2)5(9)7-6/h3-4,6H2,1-2H3,(H,7,9). The quantitative estimate of drug-likeness (QED) is 0.330. The molecular weight excluding hydrogens is 134 g/mol. The minimum Gasteiger partial charge on any atom is -0.351 e. The van der Waals surface area contributed by atoms with Crippen LogP contribution < -0.4 is 11.3 Å². The van der Waals surface area contributed by atoms with Gasteiger partial charge < -0.3 is 10.3 Å². The summed E-state index contributed by atoms with van der Waals surface area (Å²) in [6.07, 6.45) is 1.08. The van der Waals surface area contributed by atoms with Crippen molar-refractivity contribution in [3.05, 3.63) is 0 Å². The van der Waals surface area contributed by atoms with Gasteiger partial charge >= 0.3 is 0 Å². The van der Waals surface area contributed by atoms with Crippen molar-refractivity contribution in [2.45, 2.75) is 13.3 Å². The molecule has 0 aliphatic carbocycles. The summed E-state index contributed by atoms with van der Waals surface area (Å²) in [6.45, 7) is 3.04. The lowest BCUT2D eigenvalue weighted by Crippen LogP contribution is -2.41. The van der Waals surface area contributed by atoms with Crippen LogP contribution in [-0.2, 0) is 0 Å². The SMILES string of the molecule is CCCN(C)C(=S)NN. The first-order valence-electron chi connectivity index (χ1n) is 2.94. The van der Waals surface area contributed by atoms with Crippen LogP contribution >= 0.6 is 12.2 Å². The first kappa shape index (κ1) is 8.65. The fourth-order valence-electron chi connectivity index (χ4n) is 0.547. The summed E-state index contributed by atoms with van der Waals surface area (Å²) in [5, 5.41) is 0.594. The maximum Gasteiger partial charge on any atom is 0.182 e. The lowest BCUT2D eigenvalue weighted by atomic mass is 10.5. The van der Waals surface area contributed by atoms with E-state index < -0.39 is 0 Å². The van der Waals surface area contributed by atoms with Gasteiger partial charge in [0.15, 0.2) is 5.11 Å². The first-order chi connectivity index (χ1) is 4.22. The Morgan fingerprint density at radius 1 is 1.78 bits per heavy atom. The van der Waals surface area contributed by atoms with Gasteiger partial charge in [-0.3, -0.25) is 0 Å². The summed E-state index contributed by atoms with van der Waals surface area (Å²) < 4.78 is 0. The van der Waals surface area contributed by atoms with E-state index in [1.807, 2.05) is 11.9 Å². The van der Waals surface area contributed by atoms with Gasteiger partial charge in [-0.1, -0.05) is 6.92 Å². The number of nitrogens with two attached hydrogens (primary N) is 1. The molecule has 0 radical (unpaired) electrons. The third kappa shape index (κ3) is 3.26. The van der Waals surface area contributed by atoms with Gasteiger partial charge in [0.2, 0.25) is 0 Å². The normalized spacial score (nSPS) is 8.78. The van der Waals surface area contributed by atoms with Gasteiger partial charge in [0.1, 0.15) is 0 Å². The monoisotopic (exact) mass is 147 g/mol. The molecule has 0 aliphatic rings. The molecule has 0 aromatic carbocycles. The number of nitrogens with one attached hydrogen (secondary N) is 1. The Kier molecular flexibility index (Phi) is 4.35. The Hall–Kier alpha value is -0.350. The number of thiocarbonyl (C=S) groups is 1. The summed E-state index contributed by atoms with van der Waals surface area (Å²) in [5.74, 6) is 5.07. The zero-order valence-electron chi connectivity index (χ0n) is 5.85. The Bertz CT molecular complexity index is 94.2. The molecule has 3 N–H and O–H groups in total. The molecule has 0 bridgehead atoms. The molecule has 0 rings (SSSR count). The van der Waals surface area contributed by atoms with Crippen molar-refractivity contribution in [3.63, 3.8) is 0 Å². The van der Waals surface area contributed by atoms with E-state index in [2.05, 4.69) is 12.3 Å². The highest BCUT2D eigenvalue weighted by molar-refractivity contribution is 7.80. The molecule has 9 heavy (non-hydrogen) atoms. The van der Waals surface area contributed by atoms with E-state index in [-0.39, 0.29) is 0 Å². The van der Waals surface area contributed by atoms with Gasteiger partial charge in [0, 0.05) is 13.6 Å². The van der Waals surface area contributed by atoms with Crippen molar-refractivity contribution >= 4 is 17.3 Å². The average molecular weight is 147 g/mol. The van der Waals surface area contributed by atoms with E-state index in [4.69, 9.17) is 18.1 Å². The fraction of sp³-hybridized carbons (Fsp3) is 0.800. The van der Waals surface area contributed by atoms with E-state index in [1.165, 1.54) is 0 Å². The van der Waals surface area contributed by atoms with Crippen LogP contribution in [0.15, 0.2) is 0 Å². The second-order valence-corrected chi connectivity index (χ2v) is 2.26. The second-order valence-electron chi connectivity index (χ2n) is 1.87. The van der Waals surface area contributed by atoms with Gasteiger partial charge in [-0.05, 0) is 18.6 Å². The third-order valence-corrected chi connectivity index (χ3v) is 1.46. The zero-order valence-corrected chi connectivity index (χ0v) is 6.66. The highest BCUT2D eigenvalue weighted by Gasteiger charge is 1.97. The van der Waals surface area contributed by atoms with Crippen LogP contribution in [0.4, 0.5) is 0 Å². The van der Waals surface area contributed by atoms with Gasteiger partial charge in [-0.25, -0.2) is 5.84 Å². The Morgan fingerprint density at radius 2 is 2.33 bits per heavy atom. The summed E-state index contributed by atoms with van der Waals surface area (Å²) in [7, 11) is 1.91. The van der Waals surface area contributed by atoms with Crippen LogP contribution in [0.1, 0.15) is 13.3 Å². The minimum absolute atomic E-state index is 0.594. The van der Waals surface area contributed by atoms with Gasteiger partial charge in [-0.15, -0.1) is 0 Å². The predicted octanol–water partition coefficient (Wildman–Crippen LogP) is 0.0764. The summed E-state index contributed by atoms with van der Waals surface area (Å²) in [4.78, 5) is 1.90. The van der Waals surface area contributed by atoms with Crippen LogP contribution in [0, 0.1) is 0 Å². The number of rotatable bonds is 2. The van der Waals surface area contributed by atoms with E-state index in [1.54, 1.807) is 0 Å². The van der Waals surface area contributed by atoms with Crippen molar-refractivity contribution in [2.75, 3.05) is 13.6 Å². The van der Waals surface area contributed by atoms with Crippen LogP contribution in [0.5, 0.6) is 0 Å². The highest BCUT2D eigenvalue weighted by atomic mass is 32.1. The molecule has 0 unspecified atom stereocenters. The third-order valence-electron chi connectivity index (χ3n) is 1.03. The average Bonchev–Trinajstić information content (AvgIpc) is 1.87. The number of nitrogens with zero attached hydrogens (tertiary/aromatic N) is 1. The molecule has 0 aliphatic heterocycles. The summed E-state index contributed by atoms with van der Waals surface area (Å²) in [6, 6.07) is 0. The smallest absolute Gasteiger partial charge is 0.182 e. The topological polar surface area (TPSA) is 41.3 Å². The number of hydrogen-bond donors (Lipinski definition) is 2. The van der Waals surface area contributed by atoms with Gasteiger partial charge in [-0.2, -0.15) is 0 Å². The molecule has 3 nitrogen and oxygen atoms in total. The number of hydrazine groups is 1. The molecule has 54 valence electrons. The van der Waals surface area contributed by atoms with Crippen molar-refractivity contribution in [3.8, 4) is 0 Å². The van der Waals surface area contributed by atoms with E-state index in [0.29, 0.717) is 5.11 Å². The van der Waals surface area contributed by atoms with Crippen LogP contribution in [0.3, 0.4) is 0 Å². The van der Waals surface area contributed by atoms with Crippen LogP contribution in [0.25, 0.3) is 0 Å². The van der Waals surface area contributed by atoms with E-state index in [0.717, 1.165) is 13.0 Å². The second kappa shape index (κ2) is 4.52. The molecule has 0 aromatic rings. The lowest BCUT2D eigenvalue weighted by molar-refractivity contribution is 0.492. The van der Waals surface area contributed by atoms with Crippen molar-refractivity contribution in [1.29, 1.82) is 0 Å². The minimum atomic E-state index is 0.594. The molecule has 0 amide bonds. The molecule has 0 spiro atoms. The first-order valence-corrected chi connectivity index (χ1v) is 3.35. The van der Waals surface area contributed by atoms with Crippen molar-refractivity contribution in [1.82, 2.24) is 10.3 Å². The molecular formula is C5H13N3S. The maximum absolute atomic E-state index is 5.07. The molecule has 0 saturated carbocycles. The van der Waals surface area contributed by atoms with E-state index >= 15 is 0 Å². The summed E-state index contributed by atoms with van der Waals surface area (Å²) >= 11 is 4.83. The zero-order chi connectivity index (χ0) is 7.28. The molecule has 0 heterocycles. The Morgan fingerprint density at radius 3 is 2.67 bits per heavy atom. The van der Waals surface area contributed by atoms with Crippen molar-refractivity contribution in [2.24, 2.45) is 5.84 Å². The molecule has 0 fully saturated rings. The predicted molar refractivity (Wildman–Crippen MR) is 42.8 cm³/mol.